The van der Waals surface area contributed by atoms with Gasteiger partial charge in [0.1, 0.15) is 0 Å². The van der Waals surface area contributed by atoms with E-state index in [0.717, 1.165) is 0 Å². The first kappa shape index (κ1) is 7.09. The van der Waals surface area contributed by atoms with Gasteiger partial charge in [-0.25, -0.2) is 9.59 Å². The summed E-state index contributed by atoms with van der Waals surface area (Å²) in [7, 11) is 0. The van der Waals surface area contributed by atoms with E-state index >= 15 is 0 Å². The molecule has 0 aliphatic heterocycles. The lowest BCUT2D eigenvalue weighted by Gasteiger charge is -2.03. The van der Waals surface area contributed by atoms with Gasteiger partial charge in [0.2, 0.25) is 0 Å². The Kier molecular flexibility index (Phi) is 2.14. The molecular formula is C2H5N3O2S. The summed E-state index contributed by atoms with van der Waals surface area (Å²) in [5, 5.41) is 0. The van der Waals surface area contributed by atoms with Gasteiger partial charge >= 0.3 is 12.1 Å². The molecule has 4 amide bonds. The molecule has 0 rings (SSSR count). The summed E-state index contributed by atoms with van der Waals surface area (Å²) < 4.78 is 0.306. The van der Waals surface area contributed by atoms with Crippen molar-refractivity contribution in [1.82, 2.24) is 4.31 Å². The SMILES string of the molecule is NC(=O)N(S)C(N)=O. The number of hydrogen-bond acceptors (Lipinski definition) is 3. The normalized spacial score (nSPS) is 8.12. The van der Waals surface area contributed by atoms with Crippen LogP contribution in [-0.4, -0.2) is 16.4 Å². The number of nitrogens with two attached hydrogens (primary N) is 2. The highest BCUT2D eigenvalue weighted by atomic mass is 32.1. The van der Waals surface area contributed by atoms with Crippen LogP contribution in [-0.2, 0) is 0 Å². The fourth-order valence-electron chi connectivity index (χ4n) is 0.109. The van der Waals surface area contributed by atoms with Crippen LogP contribution in [0, 0.1) is 0 Å². The summed E-state index contributed by atoms with van der Waals surface area (Å²) in [5.74, 6) is 0. The van der Waals surface area contributed by atoms with E-state index < -0.39 is 12.1 Å². The van der Waals surface area contributed by atoms with Crippen molar-refractivity contribution in [3.05, 3.63) is 0 Å². The van der Waals surface area contributed by atoms with Crippen LogP contribution in [0.4, 0.5) is 9.59 Å². The first-order valence-electron chi connectivity index (χ1n) is 1.63. The van der Waals surface area contributed by atoms with Crippen molar-refractivity contribution >= 4 is 24.9 Å². The number of thiol groups is 1. The van der Waals surface area contributed by atoms with Crippen molar-refractivity contribution < 1.29 is 9.59 Å². The van der Waals surface area contributed by atoms with Crippen molar-refractivity contribution in [1.29, 1.82) is 0 Å². The molecule has 0 fully saturated rings. The molecule has 0 saturated carbocycles. The number of carbonyl (C=O) groups is 2. The van der Waals surface area contributed by atoms with Crippen molar-refractivity contribution in [2.45, 2.75) is 0 Å². The fraction of sp³-hybridized carbons (Fsp3) is 0. The highest BCUT2D eigenvalue weighted by molar-refractivity contribution is 7.79. The Labute approximate surface area is 51.2 Å². The third-order valence-electron chi connectivity index (χ3n) is 0.418. The number of imide groups is 1. The summed E-state index contributed by atoms with van der Waals surface area (Å²) in [6.07, 6.45) is 0. The molecular weight excluding hydrogens is 130 g/mol. The second-order valence-corrected chi connectivity index (χ2v) is 1.39. The standard InChI is InChI=1S/C2H5N3O2S/c3-1(6)5(8)2(4)7/h8H,(H2,3,6)(H2,4,7). The van der Waals surface area contributed by atoms with Crippen LogP contribution >= 0.6 is 12.8 Å². The van der Waals surface area contributed by atoms with Gasteiger partial charge in [0.25, 0.3) is 0 Å². The molecule has 4 N–H and O–H groups in total. The third-order valence-corrected chi connectivity index (χ3v) is 0.812. The number of carbonyl (C=O) groups excluding carboxylic acids is 2. The van der Waals surface area contributed by atoms with E-state index in [0.29, 0.717) is 4.31 Å². The van der Waals surface area contributed by atoms with Gasteiger partial charge < -0.3 is 11.5 Å². The van der Waals surface area contributed by atoms with Gasteiger partial charge in [0.05, 0.1) is 0 Å². The topological polar surface area (TPSA) is 89.4 Å². The number of primary amides is 2. The number of urea groups is 2. The van der Waals surface area contributed by atoms with E-state index in [1.54, 1.807) is 0 Å². The van der Waals surface area contributed by atoms with E-state index in [4.69, 9.17) is 0 Å². The molecule has 0 unspecified atom stereocenters. The average Bonchev–Trinajstić information content (AvgIpc) is 1.64. The van der Waals surface area contributed by atoms with Crippen LogP contribution in [0.5, 0.6) is 0 Å². The molecule has 0 bridgehead atoms. The van der Waals surface area contributed by atoms with Gasteiger partial charge in [-0.1, -0.05) is 12.8 Å². The summed E-state index contributed by atoms with van der Waals surface area (Å²) >= 11 is 3.30. The lowest BCUT2D eigenvalue weighted by molar-refractivity contribution is 0.221. The van der Waals surface area contributed by atoms with Gasteiger partial charge in [-0.15, -0.1) is 0 Å². The zero-order valence-electron chi connectivity index (χ0n) is 3.87. The summed E-state index contributed by atoms with van der Waals surface area (Å²) in [6, 6.07) is -1.97. The number of rotatable bonds is 0. The zero-order valence-corrected chi connectivity index (χ0v) is 4.76. The molecule has 0 aromatic carbocycles. The van der Waals surface area contributed by atoms with E-state index in [1.165, 1.54) is 0 Å². The van der Waals surface area contributed by atoms with Gasteiger partial charge in [-0.2, -0.15) is 4.31 Å². The number of amides is 4. The second-order valence-electron chi connectivity index (χ2n) is 0.988. The van der Waals surface area contributed by atoms with Crippen LogP contribution < -0.4 is 11.5 Å². The summed E-state index contributed by atoms with van der Waals surface area (Å²) in [4.78, 5) is 19.8. The summed E-state index contributed by atoms with van der Waals surface area (Å²) in [6.45, 7) is 0. The largest absolute Gasteiger partial charge is 0.350 e. The predicted molar refractivity (Wildman–Crippen MR) is 30.0 cm³/mol. The average molecular weight is 135 g/mol. The van der Waals surface area contributed by atoms with Gasteiger partial charge in [-0.3, -0.25) is 0 Å². The van der Waals surface area contributed by atoms with Crippen LogP contribution in [0.2, 0.25) is 0 Å². The van der Waals surface area contributed by atoms with Crippen molar-refractivity contribution in [2.75, 3.05) is 0 Å². The Morgan fingerprint density at radius 3 is 1.50 bits per heavy atom. The fourth-order valence-corrected chi connectivity index (χ4v) is 0.109. The molecule has 0 saturated heterocycles. The van der Waals surface area contributed by atoms with Crippen molar-refractivity contribution in [2.24, 2.45) is 11.5 Å². The Hall–Kier alpha value is -0.910. The highest BCUT2D eigenvalue weighted by Crippen LogP contribution is 1.88. The smallest absolute Gasteiger partial charge is 0.333 e. The van der Waals surface area contributed by atoms with Gasteiger partial charge in [0, 0.05) is 0 Å². The van der Waals surface area contributed by atoms with Crippen LogP contribution in [0.3, 0.4) is 0 Å². The Bertz CT molecular complexity index is 110. The Morgan fingerprint density at radius 2 is 1.50 bits per heavy atom. The first-order chi connectivity index (χ1) is 3.55. The molecule has 8 heavy (non-hydrogen) atoms. The quantitative estimate of drug-likeness (QED) is 0.383. The molecule has 0 aromatic heterocycles. The van der Waals surface area contributed by atoms with Crippen LogP contribution in [0.15, 0.2) is 0 Å². The molecule has 0 aliphatic carbocycles. The van der Waals surface area contributed by atoms with E-state index in [-0.39, 0.29) is 0 Å². The molecule has 0 spiro atoms. The molecule has 6 heteroatoms. The van der Waals surface area contributed by atoms with Crippen molar-refractivity contribution in [3.63, 3.8) is 0 Å². The number of hydrogen-bond donors (Lipinski definition) is 3. The van der Waals surface area contributed by atoms with Gasteiger partial charge in [-0.05, 0) is 0 Å². The molecule has 0 radical (unpaired) electrons. The van der Waals surface area contributed by atoms with E-state index in [9.17, 15) is 9.59 Å². The third kappa shape index (κ3) is 1.69. The maximum atomic E-state index is 9.91. The minimum absolute atomic E-state index is 0.306. The lowest BCUT2D eigenvalue weighted by Crippen LogP contribution is -2.36. The molecule has 0 atom stereocenters. The van der Waals surface area contributed by atoms with Gasteiger partial charge in [0.15, 0.2) is 0 Å². The molecule has 5 nitrogen and oxygen atoms in total. The second kappa shape index (κ2) is 2.41. The molecule has 46 valence electrons. The monoisotopic (exact) mass is 135 g/mol. The minimum Gasteiger partial charge on any atom is -0.350 e. The minimum atomic E-state index is -0.985. The number of nitrogens with zero attached hydrogens (tertiary/aromatic N) is 1. The lowest BCUT2D eigenvalue weighted by atomic mass is 10.9. The van der Waals surface area contributed by atoms with Crippen molar-refractivity contribution in [3.8, 4) is 0 Å². The predicted octanol–water partition coefficient (Wildman–Crippen LogP) is -0.709. The Morgan fingerprint density at radius 1 is 1.25 bits per heavy atom. The van der Waals surface area contributed by atoms with E-state index in [2.05, 4.69) is 24.3 Å². The molecule has 0 aliphatic rings. The maximum Gasteiger partial charge on any atom is 0.333 e. The zero-order chi connectivity index (χ0) is 6.73. The molecule has 0 heterocycles. The Balaban J connectivity index is 3.83. The highest BCUT2D eigenvalue weighted by Gasteiger charge is 2.08. The van der Waals surface area contributed by atoms with Crippen LogP contribution in [0.1, 0.15) is 0 Å². The summed E-state index contributed by atoms with van der Waals surface area (Å²) in [5.41, 5.74) is 9.09. The van der Waals surface area contributed by atoms with Crippen LogP contribution in [0.25, 0.3) is 0 Å². The first-order valence-corrected chi connectivity index (χ1v) is 2.03. The molecule has 0 aromatic rings. The van der Waals surface area contributed by atoms with E-state index in [1.807, 2.05) is 0 Å². The maximum absolute atomic E-state index is 9.91.